The van der Waals surface area contributed by atoms with E-state index in [-0.39, 0.29) is 23.4 Å². The van der Waals surface area contributed by atoms with Crippen LogP contribution in [0.3, 0.4) is 0 Å². The first-order valence-corrected chi connectivity index (χ1v) is 9.94. The molecule has 1 aliphatic rings. The van der Waals surface area contributed by atoms with Gasteiger partial charge >= 0.3 is 0 Å². The van der Waals surface area contributed by atoms with Gasteiger partial charge in [0.25, 0.3) is 0 Å². The fraction of sp³-hybridized carbons (Fsp3) is 0.238. The fourth-order valence-corrected chi connectivity index (χ4v) is 3.68. The second-order valence-corrected chi connectivity index (χ2v) is 7.22. The van der Waals surface area contributed by atoms with Crippen LogP contribution in [0.2, 0.25) is 0 Å². The highest BCUT2D eigenvalue weighted by atomic mass is 35.5. The van der Waals surface area contributed by atoms with Gasteiger partial charge in [0.2, 0.25) is 5.91 Å². The number of fused-ring (bicyclic) bond motifs is 1. The van der Waals surface area contributed by atoms with Crippen molar-refractivity contribution >= 4 is 29.1 Å². The van der Waals surface area contributed by atoms with Gasteiger partial charge in [0, 0.05) is 23.9 Å². The molecular formula is C21H19ClFN5O2. The predicted octanol–water partition coefficient (Wildman–Crippen LogP) is 3.16. The molecule has 3 aromatic rings. The van der Waals surface area contributed by atoms with Crippen LogP contribution in [0.4, 0.5) is 10.2 Å². The van der Waals surface area contributed by atoms with Crippen LogP contribution in [0, 0.1) is 5.82 Å². The van der Waals surface area contributed by atoms with Crippen LogP contribution in [0.15, 0.2) is 42.6 Å². The number of hydrogen-bond donors (Lipinski definition) is 2. The first-order valence-electron chi connectivity index (χ1n) is 9.40. The number of pyridine rings is 1. The zero-order chi connectivity index (χ0) is 21.3. The van der Waals surface area contributed by atoms with Crippen molar-refractivity contribution in [2.24, 2.45) is 0 Å². The van der Waals surface area contributed by atoms with Gasteiger partial charge < -0.3 is 10.6 Å². The summed E-state index contributed by atoms with van der Waals surface area (Å²) in [5, 5.41) is 10.6. The second-order valence-electron chi connectivity index (χ2n) is 6.95. The van der Waals surface area contributed by atoms with Gasteiger partial charge in [0.15, 0.2) is 5.78 Å². The number of ketones is 1. The maximum Gasteiger partial charge on any atom is 0.240 e. The molecule has 0 fully saturated rings. The van der Waals surface area contributed by atoms with Crippen molar-refractivity contribution in [1.82, 2.24) is 20.1 Å². The number of halogens is 2. The highest BCUT2D eigenvalue weighted by Gasteiger charge is 2.31. The molecule has 30 heavy (non-hydrogen) atoms. The number of alkyl halides is 1. The Morgan fingerprint density at radius 3 is 2.73 bits per heavy atom. The van der Waals surface area contributed by atoms with E-state index >= 15 is 0 Å². The van der Waals surface area contributed by atoms with Crippen LogP contribution in [-0.2, 0) is 16.1 Å². The standard InChI is InChI=1S/C21H19ClFN5O2/c1-12(29)19-21-18(14-6-7-24-16(10-14)26-17(30)11-22)20(27-28(21)9-8-25-19)13-2-4-15(23)5-3-13/h2-7,10,19,25H,8-9,11H2,1H3,(H,24,26,30). The van der Waals surface area contributed by atoms with Crippen LogP contribution < -0.4 is 10.6 Å². The minimum Gasteiger partial charge on any atom is -0.310 e. The average molecular weight is 428 g/mol. The summed E-state index contributed by atoms with van der Waals surface area (Å²) >= 11 is 5.58. The van der Waals surface area contributed by atoms with Crippen molar-refractivity contribution in [2.75, 3.05) is 17.7 Å². The van der Waals surface area contributed by atoms with E-state index in [1.807, 2.05) is 4.68 Å². The molecule has 1 aromatic carbocycles. The summed E-state index contributed by atoms with van der Waals surface area (Å²) < 4.78 is 15.3. The number of carbonyl (C=O) groups is 2. The third-order valence-corrected chi connectivity index (χ3v) is 5.14. The van der Waals surface area contributed by atoms with E-state index in [9.17, 15) is 14.0 Å². The lowest BCUT2D eigenvalue weighted by molar-refractivity contribution is -0.119. The van der Waals surface area contributed by atoms with E-state index in [1.165, 1.54) is 19.1 Å². The molecule has 1 aliphatic heterocycles. The van der Waals surface area contributed by atoms with Crippen LogP contribution >= 0.6 is 11.6 Å². The minimum atomic E-state index is -0.524. The van der Waals surface area contributed by atoms with Gasteiger partial charge in [-0.05, 0) is 48.9 Å². The van der Waals surface area contributed by atoms with Gasteiger partial charge in [-0.15, -0.1) is 11.6 Å². The molecule has 7 nitrogen and oxygen atoms in total. The lowest BCUT2D eigenvalue weighted by atomic mass is 9.94. The van der Waals surface area contributed by atoms with E-state index in [0.29, 0.717) is 24.6 Å². The third kappa shape index (κ3) is 3.83. The van der Waals surface area contributed by atoms with Crippen molar-refractivity contribution in [2.45, 2.75) is 19.5 Å². The van der Waals surface area contributed by atoms with Crippen LogP contribution in [-0.4, -0.2) is 38.9 Å². The van der Waals surface area contributed by atoms with Gasteiger partial charge in [-0.3, -0.25) is 14.3 Å². The monoisotopic (exact) mass is 427 g/mol. The number of anilines is 1. The second kappa shape index (κ2) is 8.33. The third-order valence-electron chi connectivity index (χ3n) is 4.90. The number of nitrogens with one attached hydrogen (secondary N) is 2. The van der Waals surface area contributed by atoms with Crippen molar-refractivity contribution in [3.8, 4) is 22.4 Å². The van der Waals surface area contributed by atoms with Gasteiger partial charge in [-0.2, -0.15) is 5.10 Å². The molecule has 2 aromatic heterocycles. The van der Waals surface area contributed by atoms with E-state index in [4.69, 9.17) is 16.7 Å². The van der Waals surface area contributed by atoms with Crippen molar-refractivity contribution in [1.29, 1.82) is 0 Å². The smallest absolute Gasteiger partial charge is 0.240 e. The molecule has 2 N–H and O–H groups in total. The molecular weight excluding hydrogens is 409 g/mol. The Morgan fingerprint density at radius 2 is 2.03 bits per heavy atom. The number of benzene rings is 1. The quantitative estimate of drug-likeness (QED) is 0.610. The number of carbonyl (C=O) groups excluding carboxylic acids is 2. The average Bonchev–Trinajstić information content (AvgIpc) is 3.13. The fourth-order valence-electron chi connectivity index (χ4n) is 3.61. The number of hydrogen-bond acceptors (Lipinski definition) is 5. The molecule has 9 heteroatoms. The number of aromatic nitrogens is 3. The zero-order valence-electron chi connectivity index (χ0n) is 16.2. The normalized spacial score (nSPS) is 15.5. The van der Waals surface area contributed by atoms with E-state index in [0.717, 1.165) is 22.4 Å². The van der Waals surface area contributed by atoms with E-state index in [2.05, 4.69) is 15.6 Å². The summed E-state index contributed by atoms with van der Waals surface area (Å²) in [6.07, 6.45) is 1.57. The van der Waals surface area contributed by atoms with Crippen molar-refractivity contribution in [3.63, 3.8) is 0 Å². The molecule has 0 saturated heterocycles. The highest BCUT2D eigenvalue weighted by Crippen LogP contribution is 2.39. The molecule has 0 saturated carbocycles. The maximum atomic E-state index is 13.5. The molecule has 0 bridgehead atoms. The van der Waals surface area contributed by atoms with Gasteiger partial charge in [0.1, 0.15) is 29.3 Å². The van der Waals surface area contributed by atoms with E-state index < -0.39 is 6.04 Å². The Bertz CT molecular complexity index is 1110. The van der Waals surface area contributed by atoms with Crippen LogP contribution in [0.5, 0.6) is 0 Å². The largest absolute Gasteiger partial charge is 0.310 e. The van der Waals surface area contributed by atoms with E-state index in [1.54, 1.807) is 30.5 Å². The Morgan fingerprint density at radius 1 is 1.27 bits per heavy atom. The lowest BCUT2D eigenvalue weighted by Crippen LogP contribution is -2.37. The minimum absolute atomic E-state index is 0.0347. The molecule has 0 spiro atoms. The first-order chi connectivity index (χ1) is 14.5. The summed E-state index contributed by atoms with van der Waals surface area (Å²) in [4.78, 5) is 28.2. The maximum absolute atomic E-state index is 13.5. The summed E-state index contributed by atoms with van der Waals surface area (Å²) in [5.74, 6) is -0.603. The summed E-state index contributed by atoms with van der Waals surface area (Å²) in [7, 11) is 0. The molecule has 1 unspecified atom stereocenters. The van der Waals surface area contributed by atoms with Gasteiger partial charge in [0.05, 0.1) is 12.2 Å². The summed E-state index contributed by atoms with van der Waals surface area (Å²) in [6.45, 7) is 2.73. The Labute approximate surface area is 177 Å². The highest BCUT2D eigenvalue weighted by molar-refractivity contribution is 6.29. The Hall–Kier alpha value is -3.10. The molecule has 1 amide bonds. The molecule has 3 heterocycles. The van der Waals surface area contributed by atoms with Crippen molar-refractivity contribution < 1.29 is 14.0 Å². The van der Waals surface area contributed by atoms with Gasteiger partial charge in [-0.1, -0.05) is 0 Å². The number of nitrogens with zero attached hydrogens (tertiary/aromatic N) is 3. The number of Topliss-reactive ketones (excluding diaryl/α,β-unsaturated/α-hetero) is 1. The zero-order valence-corrected chi connectivity index (χ0v) is 16.9. The number of rotatable bonds is 5. The Balaban J connectivity index is 1.92. The SMILES string of the molecule is CC(=O)C1NCCn2nc(-c3ccc(F)cc3)c(-c3ccnc(NC(=O)CCl)c3)c21. The van der Waals surface area contributed by atoms with Gasteiger partial charge in [-0.25, -0.2) is 9.37 Å². The summed E-state index contributed by atoms with van der Waals surface area (Å²) in [6, 6.07) is 9.02. The Kier molecular flexibility index (Phi) is 5.61. The molecule has 154 valence electrons. The topological polar surface area (TPSA) is 88.9 Å². The predicted molar refractivity (Wildman–Crippen MR) is 112 cm³/mol. The molecule has 1 atom stereocenters. The first kappa shape index (κ1) is 20.2. The molecule has 0 radical (unpaired) electrons. The lowest BCUT2D eigenvalue weighted by Gasteiger charge is -2.24. The molecule has 0 aliphatic carbocycles. The van der Waals surface area contributed by atoms with Crippen molar-refractivity contribution in [3.05, 3.63) is 54.1 Å². The number of amides is 1. The van der Waals surface area contributed by atoms with Crippen LogP contribution in [0.25, 0.3) is 22.4 Å². The summed E-state index contributed by atoms with van der Waals surface area (Å²) in [5.41, 5.74) is 3.54. The van der Waals surface area contributed by atoms with Crippen LogP contribution in [0.1, 0.15) is 18.7 Å². The molecule has 4 rings (SSSR count).